The quantitative estimate of drug-likeness (QED) is 0.835. The maximum Gasteiger partial charge on any atom is 0.105 e. The molecule has 1 unspecified atom stereocenters. The summed E-state index contributed by atoms with van der Waals surface area (Å²) in [5, 5.41) is 3.56. The molecular weight excluding hydrogens is 212 g/mol. The summed E-state index contributed by atoms with van der Waals surface area (Å²) in [4.78, 5) is 6.82. The first-order valence-electron chi connectivity index (χ1n) is 6.73. The maximum atomic E-state index is 4.26. The van der Waals surface area contributed by atoms with Gasteiger partial charge in [-0.05, 0) is 32.9 Å². The lowest BCUT2D eigenvalue weighted by Crippen LogP contribution is -2.46. The third-order valence-corrected chi connectivity index (χ3v) is 3.58. The van der Waals surface area contributed by atoms with Gasteiger partial charge in [-0.25, -0.2) is 4.98 Å². The lowest BCUT2D eigenvalue weighted by atomic mass is 10.1. The smallest absolute Gasteiger partial charge is 0.105 e. The molecule has 2 rings (SSSR count). The molecule has 4 heteroatoms. The molecular formula is C13H24N4. The molecule has 0 aromatic carbocycles. The molecule has 1 aromatic rings. The molecule has 0 radical (unpaired) electrons. The highest BCUT2D eigenvalue weighted by Gasteiger charge is 2.18. The zero-order chi connectivity index (χ0) is 12.1. The number of nitrogens with one attached hydrogen (secondary N) is 1. The van der Waals surface area contributed by atoms with E-state index in [0.717, 1.165) is 25.5 Å². The molecule has 17 heavy (non-hydrogen) atoms. The molecule has 0 aliphatic carbocycles. The van der Waals surface area contributed by atoms with E-state index in [4.69, 9.17) is 0 Å². The van der Waals surface area contributed by atoms with Crippen molar-refractivity contribution in [2.24, 2.45) is 0 Å². The maximum absolute atomic E-state index is 4.26. The van der Waals surface area contributed by atoms with Gasteiger partial charge in [0.25, 0.3) is 0 Å². The SMILES string of the molecule is CCNC1CCCN(CCn2ccnc2C)C1. The monoisotopic (exact) mass is 236 g/mol. The van der Waals surface area contributed by atoms with Gasteiger partial charge in [0.1, 0.15) is 5.82 Å². The molecule has 4 nitrogen and oxygen atoms in total. The Kier molecular flexibility index (Phi) is 4.57. The predicted octanol–water partition coefficient (Wildman–Crippen LogP) is 1.27. The summed E-state index contributed by atoms with van der Waals surface area (Å²) < 4.78 is 2.23. The minimum Gasteiger partial charge on any atom is -0.334 e. The number of rotatable bonds is 5. The molecule has 0 amide bonds. The summed E-state index contributed by atoms with van der Waals surface area (Å²) in [6.45, 7) is 9.98. The van der Waals surface area contributed by atoms with Gasteiger partial charge < -0.3 is 14.8 Å². The summed E-state index contributed by atoms with van der Waals surface area (Å²) in [6.07, 6.45) is 6.60. The first kappa shape index (κ1) is 12.6. The highest BCUT2D eigenvalue weighted by Crippen LogP contribution is 2.10. The van der Waals surface area contributed by atoms with Crippen LogP contribution < -0.4 is 5.32 Å². The number of hydrogen-bond donors (Lipinski definition) is 1. The Bertz CT molecular complexity index is 332. The predicted molar refractivity (Wildman–Crippen MR) is 70.1 cm³/mol. The summed E-state index contributed by atoms with van der Waals surface area (Å²) in [7, 11) is 0. The van der Waals surface area contributed by atoms with Gasteiger partial charge in [-0.2, -0.15) is 0 Å². The molecule has 0 saturated carbocycles. The van der Waals surface area contributed by atoms with Crippen LogP contribution in [-0.2, 0) is 6.54 Å². The number of aromatic nitrogens is 2. The molecule has 2 heterocycles. The Morgan fingerprint density at radius 1 is 1.47 bits per heavy atom. The second-order valence-electron chi connectivity index (χ2n) is 4.87. The third kappa shape index (κ3) is 3.54. The van der Waals surface area contributed by atoms with Crippen molar-refractivity contribution in [1.82, 2.24) is 19.8 Å². The number of imidazole rings is 1. The Hall–Kier alpha value is -0.870. The fraction of sp³-hybridized carbons (Fsp3) is 0.769. The molecule has 0 spiro atoms. The number of nitrogens with zero attached hydrogens (tertiary/aromatic N) is 3. The normalized spacial score (nSPS) is 21.9. The van der Waals surface area contributed by atoms with Crippen molar-refractivity contribution >= 4 is 0 Å². The van der Waals surface area contributed by atoms with Crippen molar-refractivity contribution in [1.29, 1.82) is 0 Å². The molecule has 1 atom stereocenters. The summed E-state index contributed by atoms with van der Waals surface area (Å²) in [5.41, 5.74) is 0. The molecule has 0 bridgehead atoms. The summed E-state index contributed by atoms with van der Waals surface area (Å²) in [6, 6.07) is 0.692. The van der Waals surface area contributed by atoms with Crippen LogP contribution in [0.25, 0.3) is 0 Å². The number of likely N-dealkylation sites (N-methyl/N-ethyl adjacent to an activating group) is 1. The molecule has 1 saturated heterocycles. The Balaban J connectivity index is 1.77. The average molecular weight is 236 g/mol. The zero-order valence-electron chi connectivity index (χ0n) is 11.0. The Morgan fingerprint density at radius 2 is 2.35 bits per heavy atom. The van der Waals surface area contributed by atoms with Gasteiger partial charge in [-0.1, -0.05) is 6.92 Å². The van der Waals surface area contributed by atoms with E-state index in [0.29, 0.717) is 6.04 Å². The van der Waals surface area contributed by atoms with Crippen LogP contribution in [0.5, 0.6) is 0 Å². The van der Waals surface area contributed by atoms with Gasteiger partial charge in [0.2, 0.25) is 0 Å². The van der Waals surface area contributed by atoms with Crippen LogP contribution in [-0.4, -0.2) is 46.7 Å². The first-order chi connectivity index (χ1) is 8.29. The molecule has 1 N–H and O–H groups in total. The van der Waals surface area contributed by atoms with E-state index in [1.54, 1.807) is 0 Å². The Labute approximate surface area is 104 Å². The largest absolute Gasteiger partial charge is 0.334 e. The van der Waals surface area contributed by atoms with Crippen LogP contribution in [0.15, 0.2) is 12.4 Å². The summed E-state index contributed by atoms with van der Waals surface area (Å²) in [5.74, 6) is 1.12. The van der Waals surface area contributed by atoms with Gasteiger partial charge in [-0.15, -0.1) is 0 Å². The molecule has 1 fully saturated rings. The van der Waals surface area contributed by atoms with Gasteiger partial charge in [0.05, 0.1) is 0 Å². The van der Waals surface area contributed by atoms with Crippen molar-refractivity contribution in [3.8, 4) is 0 Å². The minimum atomic E-state index is 0.692. The van der Waals surface area contributed by atoms with Crippen molar-refractivity contribution in [3.05, 3.63) is 18.2 Å². The third-order valence-electron chi connectivity index (χ3n) is 3.58. The Morgan fingerprint density at radius 3 is 3.06 bits per heavy atom. The minimum absolute atomic E-state index is 0.692. The number of piperidine rings is 1. The van der Waals surface area contributed by atoms with Gasteiger partial charge in [-0.3, -0.25) is 0 Å². The van der Waals surface area contributed by atoms with E-state index in [9.17, 15) is 0 Å². The lowest BCUT2D eigenvalue weighted by Gasteiger charge is -2.33. The van der Waals surface area contributed by atoms with Crippen LogP contribution in [0.3, 0.4) is 0 Å². The van der Waals surface area contributed by atoms with E-state index < -0.39 is 0 Å². The van der Waals surface area contributed by atoms with Gasteiger partial charge in [0.15, 0.2) is 0 Å². The van der Waals surface area contributed by atoms with Crippen LogP contribution >= 0.6 is 0 Å². The molecule has 1 aliphatic rings. The fourth-order valence-corrected chi connectivity index (χ4v) is 2.60. The highest BCUT2D eigenvalue weighted by molar-refractivity contribution is 4.88. The number of likely N-dealkylation sites (tertiary alicyclic amines) is 1. The van der Waals surface area contributed by atoms with E-state index in [1.807, 2.05) is 6.20 Å². The van der Waals surface area contributed by atoms with E-state index in [1.165, 1.54) is 25.9 Å². The van der Waals surface area contributed by atoms with Gasteiger partial charge in [0, 0.05) is 38.1 Å². The fourth-order valence-electron chi connectivity index (χ4n) is 2.60. The van der Waals surface area contributed by atoms with Crippen molar-refractivity contribution in [3.63, 3.8) is 0 Å². The lowest BCUT2D eigenvalue weighted by molar-refractivity contribution is 0.185. The number of aryl methyl sites for hydroxylation is 1. The zero-order valence-corrected chi connectivity index (χ0v) is 11.0. The topological polar surface area (TPSA) is 33.1 Å². The van der Waals surface area contributed by atoms with Crippen molar-refractivity contribution in [2.75, 3.05) is 26.2 Å². The van der Waals surface area contributed by atoms with Crippen LogP contribution in [0.1, 0.15) is 25.6 Å². The van der Waals surface area contributed by atoms with E-state index in [-0.39, 0.29) is 0 Å². The molecule has 1 aromatic heterocycles. The molecule has 96 valence electrons. The van der Waals surface area contributed by atoms with Crippen molar-refractivity contribution in [2.45, 2.75) is 39.3 Å². The second-order valence-corrected chi connectivity index (χ2v) is 4.87. The van der Waals surface area contributed by atoms with Crippen LogP contribution in [0, 0.1) is 6.92 Å². The van der Waals surface area contributed by atoms with Crippen LogP contribution in [0.2, 0.25) is 0 Å². The van der Waals surface area contributed by atoms with Gasteiger partial charge >= 0.3 is 0 Å². The first-order valence-corrected chi connectivity index (χ1v) is 6.73. The van der Waals surface area contributed by atoms with E-state index >= 15 is 0 Å². The van der Waals surface area contributed by atoms with E-state index in [2.05, 4.69) is 39.8 Å². The second kappa shape index (κ2) is 6.17. The average Bonchev–Trinajstić information content (AvgIpc) is 2.73. The highest BCUT2D eigenvalue weighted by atomic mass is 15.2. The standard InChI is InChI=1S/C13H24N4/c1-3-14-13-5-4-7-16(11-13)9-10-17-8-6-15-12(17)2/h6,8,13-14H,3-5,7,9-11H2,1-2H3. The number of hydrogen-bond acceptors (Lipinski definition) is 3. The summed E-state index contributed by atoms with van der Waals surface area (Å²) >= 11 is 0. The molecule has 1 aliphatic heterocycles. The van der Waals surface area contributed by atoms with Crippen LogP contribution in [0.4, 0.5) is 0 Å². The van der Waals surface area contributed by atoms with Crippen molar-refractivity contribution < 1.29 is 0 Å².